The minimum atomic E-state index is -0.379. The molecule has 0 atom stereocenters. The summed E-state index contributed by atoms with van der Waals surface area (Å²) < 4.78 is 18.4. The van der Waals surface area contributed by atoms with E-state index in [0.717, 1.165) is 17.0 Å². The van der Waals surface area contributed by atoms with E-state index in [1.54, 1.807) is 55.1 Å². The second-order valence-electron chi connectivity index (χ2n) is 6.82. The zero-order chi connectivity index (χ0) is 20.5. The number of nitriles is 1. The molecule has 0 spiro atoms. The average Bonchev–Trinajstić information content (AvgIpc) is 3.44. The van der Waals surface area contributed by atoms with Crippen LogP contribution in [0.25, 0.3) is 28.2 Å². The van der Waals surface area contributed by atoms with E-state index < -0.39 is 0 Å². The van der Waals surface area contributed by atoms with Gasteiger partial charge >= 0.3 is 0 Å². The first-order chi connectivity index (χ1) is 14.7. The first kappa shape index (κ1) is 17.8. The van der Waals surface area contributed by atoms with Crippen LogP contribution in [0.4, 0.5) is 4.39 Å². The average molecular weight is 394 g/mol. The van der Waals surface area contributed by atoms with Crippen molar-refractivity contribution in [3.05, 3.63) is 96.7 Å². The molecule has 0 aliphatic carbocycles. The molecule has 0 unspecified atom stereocenters. The molecule has 6 nitrogen and oxygen atoms in total. The molecule has 0 aliphatic rings. The van der Waals surface area contributed by atoms with E-state index in [0.29, 0.717) is 29.0 Å². The Bertz CT molecular complexity index is 1400. The van der Waals surface area contributed by atoms with E-state index >= 15 is 0 Å². The quantitative estimate of drug-likeness (QED) is 0.455. The molecule has 2 aromatic carbocycles. The number of hydrogen-bond acceptors (Lipinski definition) is 4. The first-order valence-corrected chi connectivity index (χ1v) is 9.31. The first-order valence-electron chi connectivity index (χ1n) is 9.31. The fourth-order valence-electron chi connectivity index (χ4n) is 3.48. The lowest BCUT2D eigenvalue weighted by Gasteiger charge is -2.09. The van der Waals surface area contributed by atoms with Gasteiger partial charge in [0.05, 0.1) is 42.1 Å². The van der Waals surface area contributed by atoms with Gasteiger partial charge in [0.15, 0.2) is 0 Å². The molecule has 0 bridgehead atoms. The van der Waals surface area contributed by atoms with Crippen molar-refractivity contribution in [2.75, 3.05) is 0 Å². The summed E-state index contributed by atoms with van der Waals surface area (Å²) in [7, 11) is 0. The highest BCUT2D eigenvalue weighted by Crippen LogP contribution is 2.31. The van der Waals surface area contributed by atoms with Gasteiger partial charge in [0.1, 0.15) is 5.82 Å². The van der Waals surface area contributed by atoms with Crippen LogP contribution in [0.3, 0.4) is 0 Å². The number of nitrogens with zero attached hydrogens (tertiary/aromatic N) is 6. The number of rotatable bonds is 4. The summed E-state index contributed by atoms with van der Waals surface area (Å²) in [6.07, 6.45) is 8.96. The molecule has 30 heavy (non-hydrogen) atoms. The van der Waals surface area contributed by atoms with Crippen molar-refractivity contribution in [3.63, 3.8) is 0 Å². The van der Waals surface area contributed by atoms with E-state index in [4.69, 9.17) is 0 Å². The second kappa shape index (κ2) is 7.26. The maximum absolute atomic E-state index is 14.6. The summed E-state index contributed by atoms with van der Waals surface area (Å²) in [6.45, 7) is 0.602. The Kier molecular flexibility index (Phi) is 4.30. The minimum Gasteiger partial charge on any atom is -0.331 e. The van der Waals surface area contributed by atoms with Crippen LogP contribution in [0.5, 0.6) is 0 Å². The zero-order valence-electron chi connectivity index (χ0n) is 15.8. The van der Waals surface area contributed by atoms with Crippen LogP contribution in [-0.2, 0) is 6.54 Å². The predicted octanol–water partition coefficient (Wildman–Crippen LogP) is 4.32. The topological polar surface area (TPSA) is 71.8 Å². The van der Waals surface area contributed by atoms with Crippen LogP contribution in [0.15, 0.2) is 79.6 Å². The molecule has 3 heterocycles. The Morgan fingerprint density at radius 3 is 2.77 bits per heavy atom. The van der Waals surface area contributed by atoms with Gasteiger partial charge in [-0.3, -0.25) is 4.40 Å². The number of aromatic nitrogens is 5. The van der Waals surface area contributed by atoms with Gasteiger partial charge in [-0.05, 0) is 30.3 Å². The van der Waals surface area contributed by atoms with Crippen molar-refractivity contribution in [2.45, 2.75) is 6.54 Å². The summed E-state index contributed by atoms with van der Waals surface area (Å²) in [4.78, 5) is 13.1. The van der Waals surface area contributed by atoms with Crippen LogP contribution in [0, 0.1) is 17.1 Å². The standard InChI is InChI=1S/C23H15FN6/c24-21-6-5-16(11-20(21)19-4-2-1-3-17(19)12-25)22-13-27-23-28-18(7-9-30(22)23)14-29-10-8-26-15-29/h1-11,13,15H,14H2. The summed E-state index contributed by atoms with van der Waals surface area (Å²) in [5.74, 6) is 0.182. The molecule has 0 fully saturated rings. The van der Waals surface area contributed by atoms with Gasteiger partial charge in [0.25, 0.3) is 0 Å². The second-order valence-corrected chi connectivity index (χ2v) is 6.82. The number of benzene rings is 2. The fourth-order valence-corrected chi connectivity index (χ4v) is 3.48. The van der Waals surface area contributed by atoms with E-state index in [2.05, 4.69) is 21.0 Å². The monoisotopic (exact) mass is 394 g/mol. The molecular weight excluding hydrogens is 379 g/mol. The van der Waals surface area contributed by atoms with Crippen LogP contribution in [0.1, 0.15) is 11.3 Å². The largest absolute Gasteiger partial charge is 0.331 e. The van der Waals surface area contributed by atoms with Crippen molar-refractivity contribution in [1.29, 1.82) is 5.26 Å². The van der Waals surface area contributed by atoms with Gasteiger partial charge in [0, 0.05) is 35.3 Å². The molecule has 0 saturated carbocycles. The number of imidazole rings is 2. The van der Waals surface area contributed by atoms with Crippen molar-refractivity contribution < 1.29 is 4.39 Å². The fraction of sp³-hybridized carbons (Fsp3) is 0.0435. The summed E-state index contributed by atoms with van der Waals surface area (Å²) >= 11 is 0. The smallest absolute Gasteiger partial charge is 0.234 e. The van der Waals surface area contributed by atoms with Gasteiger partial charge in [-0.2, -0.15) is 5.26 Å². The van der Waals surface area contributed by atoms with Gasteiger partial charge in [0.2, 0.25) is 5.78 Å². The van der Waals surface area contributed by atoms with Crippen molar-refractivity contribution in [2.24, 2.45) is 0 Å². The maximum atomic E-state index is 14.6. The Morgan fingerprint density at radius 2 is 1.93 bits per heavy atom. The van der Waals surface area contributed by atoms with Gasteiger partial charge < -0.3 is 4.57 Å². The number of hydrogen-bond donors (Lipinski definition) is 0. The Balaban J connectivity index is 1.57. The molecule has 0 radical (unpaired) electrons. The SMILES string of the molecule is N#Cc1ccccc1-c1cc(-c2cnc3nc(Cn4ccnc4)ccn23)ccc1F. The van der Waals surface area contributed by atoms with Crippen LogP contribution in [0.2, 0.25) is 0 Å². The van der Waals surface area contributed by atoms with Crippen LogP contribution >= 0.6 is 0 Å². The lowest BCUT2D eigenvalue weighted by atomic mass is 9.97. The molecule has 0 aliphatic heterocycles. The highest BCUT2D eigenvalue weighted by atomic mass is 19.1. The normalized spacial score (nSPS) is 10.9. The molecule has 0 saturated heterocycles. The number of fused-ring (bicyclic) bond motifs is 1. The van der Waals surface area contributed by atoms with Crippen molar-refractivity contribution in [3.8, 4) is 28.5 Å². The summed E-state index contributed by atoms with van der Waals surface area (Å²) in [5.41, 5.74) is 3.81. The lowest BCUT2D eigenvalue weighted by molar-refractivity contribution is 0.631. The van der Waals surface area contributed by atoms with E-state index in [9.17, 15) is 9.65 Å². The number of halogens is 1. The lowest BCUT2D eigenvalue weighted by Crippen LogP contribution is -2.01. The molecule has 144 valence electrons. The zero-order valence-corrected chi connectivity index (χ0v) is 15.8. The molecular formula is C23H15FN6. The third-order valence-electron chi connectivity index (χ3n) is 4.94. The maximum Gasteiger partial charge on any atom is 0.234 e. The molecule has 5 rings (SSSR count). The van der Waals surface area contributed by atoms with Gasteiger partial charge in [-0.1, -0.05) is 18.2 Å². The Morgan fingerprint density at radius 1 is 1.03 bits per heavy atom. The molecule has 3 aromatic heterocycles. The summed E-state index contributed by atoms with van der Waals surface area (Å²) in [5, 5.41) is 9.38. The Labute approximate surface area is 171 Å². The third-order valence-corrected chi connectivity index (χ3v) is 4.94. The van der Waals surface area contributed by atoms with E-state index in [-0.39, 0.29) is 5.82 Å². The van der Waals surface area contributed by atoms with Gasteiger partial charge in [-0.25, -0.2) is 19.3 Å². The third kappa shape index (κ3) is 3.10. The van der Waals surface area contributed by atoms with Crippen molar-refractivity contribution in [1.82, 2.24) is 23.9 Å². The highest BCUT2D eigenvalue weighted by Gasteiger charge is 2.14. The summed E-state index contributed by atoms with van der Waals surface area (Å²) in [6, 6.07) is 15.9. The molecule has 5 aromatic rings. The Hall–Kier alpha value is -4.31. The van der Waals surface area contributed by atoms with Crippen molar-refractivity contribution >= 4 is 5.78 Å². The molecule has 0 N–H and O–H groups in total. The highest BCUT2D eigenvalue weighted by molar-refractivity contribution is 5.76. The van der Waals surface area contributed by atoms with Crippen LogP contribution in [-0.4, -0.2) is 23.9 Å². The van der Waals surface area contributed by atoms with E-state index in [1.165, 1.54) is 6.07 Å². The molecule has 7 heteroatoms. The molecule has 0 amide bonds. The predicted molar refractivity (Wildman–Crippen MR) is 110 cm³/mol. The van der Waals surface area contributed by atoms with Crippen LogP contribution < -0.4 is 0 Å². The minimum absolute atomic E-state index is 0.379. The van der Waals surface area contributed by atoms with E-state index in [1.807, 2.05) is 27.4 Å². The van der Waals surface area contributed by atoms with Gasteiger partial charge in [-0.15, -0.1) is 0 Å².